The minimum atomic E-state index is 0.254. The maximum absolute atomic E-state index is 5.02. The van der Waals surface area contributed by atoms with Gasteiger partial charge in [-0.2, -0.15) is 0 Å². The third kappa shape index (κ3) is 4.68. The molecule has 58 valence electrons. The van der Waals surface area contributed by atoms with Gasteiger partial charge in [0.15, 0.2) is 0 Å². The van der Waals surface area contributed by atoms with Gasteiger partial charge in [-0.05, 0) is 24.8 Å². The first-order valence-corrected chi connectivity index (χ1v) is 3.94. The van der Waals surface area contributed by atoms with Gasteiger partial charge in [0.25, 0.3) is 0 Å². The zero-order valence-electron chi connectivity index (χ0n) is 7.49. The highest BCUT2D eigenvalue weighted by molar-refractivity contribution is 7.80. The summed E-state index contributed by atoms with van der Waals surface area (Å²) >= 11 is 5.02. The summed E-state index contributed by atoms with van der Waals surface area (Å²) in [7, 11) is 0. The van der Waals surface area contributed by atoms with Gasteiger partial charge in [0.2, 0.25) is 0 Å². The molecule has 0 aliphatic rings. The summed E-state index contributed by atoms with van der Waals surface area (Å²) in [4.78, 5) is 0.995. The molecule has 0 rings (SSSR count). The van der Waals surface area contributed by atoms with Crippen LogP contribution >= 0.6 is 12.2 Å². The van der Waals surface area contributed by atoms with Crippen molar-refractivity contribution < 1.29 is 0 Å². The predicted molar refractivity (Wildman–Crippen MR) is 51.5 cm³/mol. The molecule has 0 spiro atoms. The van der Waals surface area contributed by atoms with Gasteiger partial charge in [0, 0.05) is 4.86 Å². The van der Waals surface area contributed by atoms with Gasteiger partial charge >= 0.3 is 0 Å². The highest BCUT2D eigenvalue weighted by atomic mass is 32.1. The summed E-state index contributed by atoms with van der Waals surface area (Å²) < 4.78 is 0. The van der Waals surface area contributed by atoms with Crippen molar-refractivity contribution in [3.05, 3.63) is 11.6 Å². The molecule has 0 bridgehead atoms. The lowest BCUT2D eigenvalue weighted by Crippen LogP contribution is -2.02. The predicted octanol–water partition coefficient (Wildman–Crippen LogP) is 3.37. The molecule has 0 nitrogen and oxygen atoms in total. The van der Waals surface area contributed by atoms with Gasteiger partial charge in [0.1, 0.15) is 0 Å². The molecule has 0 radical (unpaired) electrons. The Kier molecular flexibility index (Phi) is 3.23. The minimum absolute atomic E-state index is 0.254. The molecule has 0 aromatic carbocycles. The van der Waals surface area contributed by atoms with Gasteiger partial charge in [-0.3, -0.25) is 0 Å². The molecular formula is C9H16S. The summed E-state index contributed by atoms with van der Waals surface area (Å²) in [5.41, 5.74) is 1.48. The fraction of sp³-hybridized carbons (Fsp3) is 0.667. The number of hydrogen-bond acceptors (Lipinski definition) is 1. The van der Waals surface area contributed by atoms with E-state index in [1.54, 1.807) is 0 Å². The van der Waals surface area contributed by atoms with Crippen molar-refractivity contribution in [2.75, 3.05) is 0 Å². The molecule has 0 saturated carbocycles. The van der Waals surface area contributed by atoms with Crippen molar-refractivity contribution in [3.63, 3.8) is 0 Å². The molecular weight excluding hydrogens is 140 g/mol. The Labute approximate surface area is 69.3 Å². The van der Waals surface area contributed by atoms with Crippen molar-refractivity contribution in [1.29, 1.82) is 0 Å². The van der Waals surface area contributed by atoms with E-state index in [1.165, 1.54) is 5.57 Å². The first kappa shape index (κ1) is 9.83. The van der Waals surface area contributed by atoms with Crippen molar-refractivity contribution in [2.45, 2.75) is 34.6 Å². The first-order valence-electron chi connectivity index (χ1n) is 3.53. The normalized spacial score (nSPS) is 13.5. The summed E-state index contributed by atoms with van der Waals surface area (Å²) in [5.74, 6) is 0. The van der Waals surface area contributed by atoms with Crippen molar-refractivity contribution in [1.82, 2.24) is 0 Å². The lowest BCUT2D eigenvalue weighted by Gasteiger charge is -2.13. The molecule has 0 aromatic rings. The summed E-state index contributed by atoms with van der Waals surface area (Å²) in [6, 6.07) is 0. The van der Waals surface area contributed by atoms with Crippen LogP contribution in [-0.2, 0) is 0 Å². The van der Waals surface area contributed by atoms with Crippen molar-refractivity contribution in [3.8, 4) is 0 Å². The minimum Gasteiger partial charge on any atom is -0.0850 e. The number of thiocarbonyl (C=S) groups is 1. The van der Waals surface area contributed by atoms with Gasteiger partial charge < -0.3 is 0 Å². The van der Waals surface area contributed by atoms with Crippen LogP contribution in [0.25, 0.3) is 0 Å². The molecule has 0 fully saturated rings. The Balaban J connectivity index is 4.32. The maximum Gasteiger partial charge on any atom is 0.0147 e. The summed E-state index contributed by atoms with van der Waals surface area (Å²) in [6.45, 7) is 10.6. The van der Waals surface area contributed by atoms with E-state index < -0.39 is 0 Å². The van der Waals surface area contributed by atoms with Crippen LogP contribution in [0.5, 0.6) is 0 Å². The standard InChI is InChI=1S/C9H16S/c1-7(8(2)10)6-9(3,4)5/h6H,1-5H3. The van der Waals surface area contributed by atoms with Crippen LogP contribution in [0.2, 0.25) is 0 Å². The molecule has 1 heteroatoms. The van der Waals surface area contributed by atoms with E-state index in [4.69, 9.17) is 12.2 Å². The molecule has 0 amide bonds. The van der Waals surface area contributed by atoms with Crippen molar-refractivity contribution >= 4 is 17.1 Å². The third-order valence-corrected chi connectivity index (χ3v) is 1.53. The van der Waals surface area contributed by atoms with E-state index in [0.29, 0.717) is 0 Å². The van der Waals surface area contributed by atoms with Gasteiger partial charge in [0.05, 0.1) is 0 Å². The Morgan fingerprint density at radius 2 is 1.60 bits per heavy atom. The molecule has 0 aliphatic heterocycles. The van der Waals surface area contributed by atoms with Crippen LogP contribution in [0.1, 0.15) is 34.6 Å². The Morgan fingerprint density at radius 3 is 1.70 bits per heavy atom. The molecule has 10 heavy (non-hydrogen) atoms. The van der Waals surface area contributed by atoms with Crippen LogP contribution in [0.4, 0.5) is 0 Å². The highest BCUT2D eigenvalue weighted by Gasteiger charge is 2.06. The van der Waals surface area contributed by atoms with E-state index in [9.17, 15) is 0 Å². The quantitative estimate of drug-likeness (QED) is 0.414. The van der Waals surface area contributed by atoms with Crippen LogP contribution in [0, 0.1) is 5.41 Å². The third-order valence-electron chi connectivity index (χ3n) is 1.20. The molecule has 0 aromatic heterocycles. The zero-order chi connectivity index (χ0) is 8.36. The smallest absolute Gasteiger partial charge is 0.0147 e. The van der Waals surface area contributed by atoms with E-state index in [0.717, 1.165) is 4.86 Å². The zero-order valence-corrected chi connectivity index (χ0v) is 8.30. The second-order valence-corrected chi connectivity index (χ2v) is 4.36. The fourth-order valence-corrected chi connectivity index (χ4v) is 0.810. The molecule has 0 unspecified atom stereocenters. The van der Waals surface area contributed by atoms with Crippen molar-refractivity contribution in [2.24, 2.45) is 5.41 Å². The average Bonchev–Trinajstić information content (AvgIpc) is 1.60. The topological polar surface area (TPSA) is 0 Å². The number of allylic oxidation sites excluding steroid dienone is 2. The average molecular weight is 156 g/mol. The van der Waals surface area contributed by atoms with Gasteiger partial charge in [-0.15, -0.1) is 0 Å². The van der Waals surface area contributed by atoms with Crippen LogP contribution in [-0.4, -0.2) is 4.86 Å². The summed E-state index contributed by atoms with van der Waals surface area (Å²) in [6.07, 6.45) is 2.20. The maximum atomic E-state index is 5.02. The van der Waals surface area contributed by atoms with E-state index in [2.05, 4.69) is 33.8 Å². The van der Waals surface area contributed by atoms with E-state index in [1.807, 2.05) is 6.92 Å². The van der Waals surface area contributed by atoms with E-state index >= 15 is 0 Å². The SMILES string of the molecule is CC(=S)C(C)=CC(C)(C)C. The largest absolute Gasteiger partial charge is 0.0850 e. The monoisotopic (exact) mass is 156 g/mol. The molecule has 0 aliphatic carbocycles. The molecule has 0 N–H and O–H groups in total. The Bertz CT molecular complexity index is 158. The van der Waals surface area contributed by atoms with Crippen LogP contribution in [0.15, 0.2) is 11.6 Å². The second kappa shape index (κ2) is 3.29. The van der Waals surface area contributed by atoms with Gasteiger partial charge in [-0.25, -0.2) is 0 Å². The molecule has 0 heterocycles. The number of hydrogen-bond donors (Lipinski definition) is 0. The summed E-state index contributed by atoms with van der Waals surface area (Å²) in [5, 5.41) is 0. The molecule has 0 atom stereocenters. The van der Waals surface area contributed by atoms with Gasteiger partial charge in [-0.1, -0.05) is 39.1 Å². The Hall–Kier alpha value is -0.170. The lowest BCUT2D eigenvalue weighted by atomic mass is 9.93. The number of rotatable bonds is 1. The van der Waals surface area contributed by atoms with E-state index in [-0.39, 0.29) is 5.41 Å². The Morgan fingerprint density at radius 1 is 1.20 bits per heavy atom. The fourth-order valence-electron chi connectivity index (χ4n) is 0.751. The first-order chi connectivity index (χ1) is 4.33. The molecule has 0 saturated heterocycles. The van der Waals surface area contributed by atoms with Crippen LogP contribution < -0.4 is 0 Å². The van der Waals surface area contributed by atoms with Crippen LogP contribution in [0.3, 0.4) is 0 Å². The lowest BCUT2D eigenvalue weighted by molar-refractivity contribution is 0.542. The highest BCUT2D eigenvalue weighted by Crippen LogP contribution is 2.17. The second-order valence-electron chi connectivity index (χ2n) is 3.75.